The molecule has 1 N–H and O–H groups in total. The van der Waals surface area contributed by atoms with E-state index < -0.39 is 0 Å². The highest BCUT2D eigenvalue weighted by atomic mass is 16.5. The number of anilines is 2. The lowest BCUT2D eigenvalue weighted by Gasteiger charge is -2.32. The van der Waals surface area contributed by atoms with E-state index in [4.69, 9.17) is 4.74 Å². The lowest BCUT2D eigenvalue weighted by atomic mass is 9.95. The van der Waals surface area contributed by atoms with Crippen LogP contribution in [0.1, 0.15) is 18.4 Å². The van der Waals surface area contributed by atoms with Crippen LogP contribution >= 0.6 is 0 Å². The normalized spacial score (nSPS) is 14.5. The summed E-state index contributed by atoms with van der Waals surface area (Å²) in [6.45, 7) is 3.55. The molecule has 8 heteroatoms. The number of piperidine rings is 1. The van der Waals surface area contributed by atoms with E-state index in [1.165, 1.54) is 0 Å². The number of amides is 1. The van der Waals surface area contributed by atoms with Crippen LogP contribution in [0.25, 0.3) is 5.65 Å². The van der Waals surface area contributed by atoms with Crippen LogP contribution in [0.5, 0.6) is 11.5 Å². The summed E-state index contributed by atoms with van der Waals surface area (Å²) in [5.41, 5.74) is 2.52. The number of ether oxygens (including phenoxy) is 1. The van der Waals surface area contributed by atoms with Gasteiger partial charge >= 0.3 is 0 Å². The molecule has 1 aliphatic heterocycles. The summed E-state index contributed by atoms with van der Waals surface area (Å²) >= 11 is 0. The maximum absolute atomic E-state index is 13.0. The molecule has 3 heterocycles. The number of carbonyl (C=O) groups excluding carboxylic acids is 1. The first-order chi connectivity index (χ1) is 15.7. The fraction of sp³-hybridized carbons (Fsp3) is 0.250. The SMILES string of the molecule is Cc1cccc(Oc2ccccc2NC(=O)C2CCN(c3ccc4nncn4n3)CC2)c1. The molecule has 1 aliphatic rings. The van der Waals surface area contributed by atoms with Gasteiger partial charge in [-0.25, -0.2) is 0 Å². The summed E-state index contributed by atoms with van der Waals surface area (Å²) < 4.78 is 7.70. The van der Waals surface area contributed by atoms with E-state index in [1.807, 2.05) is 67.6 Å². The van der Waals surface area contributed by atoms with E-state index in [2.05, 4.69) is 25.5 Å². The number of aromatic nitrogens is 4. The van der Waals surface area contributed by atoms with Crippen molar-refractivity contribution in [3.63, 3.8) is 0 Å². The molecule has 2 aromatic carbocycles. The number of nitrogens with one attached hydrogen (secondary N) is 1. The molecule has 32 heavy (non-hydrogen) atoms. The average molecular weight is 428 g/mol. The van der Waals surface area contributed by atoms with Gasteiger partial charge in [-0.15, -0.1) is 15.3 Å². The minimum atomic E-state index is -0.0584. The fourth-order valence-corrected chi connectivity index (χ4v) is 3.96. The predicted octanol–water partition coefficient (Wildman–Crippen LogP) is 4.08. The first kappa shape index (κ1) is 20.0. The predicted molar refractivity (Wildman–Crippen MR) is 122 cm³/mol. The van der Waals surface area contributed by atoms with Crippen LogP contribution < -0.4 is 15.0 Å². The number of rotatable bonds is 5. The first-order valence-corrected chi connectivity index (χ1v) is 10.7. The van der Waals surface area contributed by atoms with Crippen LogP contribution in [0.15, 0.2) is 67.0 Å². The van der Waals surface area contributed by atoms with Crippen LogP contribution in [-0.4, -0.2) is 38.8 Å². The topological polar surface area (TPSA) is 84.6 Å². The van der Waals surface area contributed by atoms with Gasteiger partial charge in [0.1, 0.15) is 17.9 Å². The Balaban J connectivity index is 1.22. The quantitative estimate of drug-likeness (QED) is 0.516. The van der Waals surface area contributed by atoms with Crippen molar-refractivity contribution >= 4 is 23.1 Å². The first-order valence-electron chi connectivity index (χ1n) is 10.7. The van der Waals surface area contributed by atoms with E-state index in [9.17, 15) is 4.79 Å². The lowest BCUT2D eigenvalue weighted by Crippen LogP contribution is -2.38. The van der Waals surface area contributed by atoms with Crippen molar-refractivity contribution in [2.45, 2.75) is 19.8 Å². The molecule has 0 unspecified atom stereocenters. The number of benzene rings is 2. The van der Waals surface area contributed by atoms with Gasteiger partial charge in [0.05, 0.1) is 5.69 Å². The summed E-state index contributed by atoms with van der Waals surface area (Å²) in [6, 6.07) is 19.2. The summed E-state index contributed by atoms with van der Waals surface area (Å²) in [6.07, 6.45) is 3.11. The van der Waals surface area contributed by atoms with E-state index >= 15 is 0 Å². The van der Waals surface area contributed by atoms with Gasteiger partial charge in [-0.1, -0.05) is 24.3 Å². The molecular formula is C24H24N6O2. The van der Waals surface area contributed by atoms with Gasteiger partial charge in [-0.05, 0) is 61.7 Å². The Morgan fingerprint density at radius 2 is 1.91 bits per heavy atom. The molecule has 0 aliphatic carbocycles. The van der Waals surface area contributed by atoms with Crippen molar-refractivity contribution in [1.29, 1.82) is 0 Å². The highest BCUT2D eigenvalue weighted by Crippen LogP contribution is 2.31. The number of aryl methyl sites for hydroxylation is 1. The monoisotopic (exact) mass is 428 g/mol. The van der Waals surface area contributed by atoms with Crippen molar-refractivity contribution in [3.8, 4) is 11.5 Å². The molecule has 1 fully saturated rings. The Hall–Kier alpha value is -3.94. The second-order valence-corrected chi connectivity index (χ2v) is 7.99. The Morgan fingerprint density at radius 3 is 2.75 bits per heavy atom. The van der Waals surface area contributed by atoms with Crippen molar-refractivity contribution in [2.24, 2.45) is 5.92 Å². The maximum atomic E-state index is 13.0. The van der Waals surface area contributed by atoms with Crippen molar-refractivity contribution < 1.29 is 9.53 Å². The molecule has 0 radical (unpaired) electrons. The second kappa shape index (κ2) is 8.66. The van der Waals surface area contributed by atoms with Crippen LogP contribution in [0.2, 0.25) is 0 Å². The number of carbonyl (C=O) groups is 1. The number of hydrogen-bond acceptors (Lipinski definition) is 6. The molecule has 8 nitrogen and oxygen atoms in total. The van der Waals surface area contributed by atoms with Crippen molar-refractivity contribution in [2.75, 3.05) is 23.3 Å². The molecule has 0 saturated carbocycles. The number of hydrogen-bond donors (Lipinski definition) is 1. The van der Waals surface area contributed by atoms with E-state index in [1.54, 1.807) is 10.8 Å². The van der Waals surface area contributed by atoms with Crippen LogP contribution in [0.3, 0.4) is 0 Å². The van der Waals surface area contributed by atoms with Gasteiger partial charge in [-0.2, -0.15) is 4.52 Å². The molecule has 0 bridgehead atoms. The molecule has 4 aromatic rings. The zero-order valence-electron chi connectivity index (χ0n) is 17.8. The van der Waals surface area contributed by atoms with Crippen molar-refractivity contribution in [3.05, 3.63) is 72.6 Å². The van der Waals surface area contributed by atoms with Crippen molar-refractivity contribution in [1.82, 2.24) is 19.8 Å². The number of nitrogens with zero attached hydrogens (tertiary/aromatic N) is 5. The summed E-state index contributed by atoms with van der Waals surface area (Å²) in [5, 5.41) is 15.5. The molecule has 2 aromatic heterocycles. The lowest BCUT2D eigenvalue weighted by molar-refractivity contribution is -0.120. The van der Waals surface area contributed by atoms with Gasteiger partial charge in [0, 0.05) is 19.0 Å². The number of fused-ring (bicyclic) bond motifs is 1. The van der Waals surface area contributed by atoms with Gasteiger partial charge < -0.3 is 15.0 Å². The standard InChI is InChI=1S/C24H24N6O2/c1-17-5-4-6-19(15-17)32-21-8-3-2-7-20(21)26-24(31)18-11-13-29(14-12-18)23-10-9-22-27-25-16-30(22)28-23/h2-10,15-16,18H,11-14H2,1H3,(H,26,31). The largest absolute Gasteiger partial charge is 0.455 e. The molecule has 0 atom stereocenters. The smallest absolute Gasteiger partial charge is 0.227 e. The Bertz CT molecular complexity index is 1250. The van der Waals surface area contributed by atoms with E-state index in [0.717, 1.165) is 48.7 Å². The maximum Gasteiger partial charge on any atom is 0.227 e. The summed E-state index contributed by atoms with van der Waals surface area (Å²) in [5.74, 6) is 2.21. The minimum absolute atomic E-state index is 0.0205. The molecule has 1 amide bonds. The van der Waals surface area contributed by atoms with Gasteiger partial charge in [0.2, 0.25) is 5.91 Å². The van der Waals surface area contributed by atoms with Crippen LogP contribution in [0.4, 0.5) is 11.5 Å². The highest BCUT2D eigenvalue weighted by molar-refractivity contribution is 5.94. The number of para-hydroxylation sites is 2. The molecule has 0 spiro atoms. The van der Waals surface area contributed by atoms with Gasteiger partial charge in [0.25, 0.3) is 0 Å². The van der Waals surface area contributed by atoms with E-state index in [-0.39, 0.29) is 11.8 Å². The third-order valence-corrected chi connectivity index (χ3v) is 5.70. The molecular weight excluding hydrogens is 404 g/mol. The van der Waals surface area contributed by atoms with Gasteiger partial charge in [0.15, 0.2) is 11.4 Å². The molecule has 162 valence electrons. The summed E-state index contributed by atoms with van der Waals surface area (Å²) in [7, 11) is 0. The third-order valence-electron chi connectivity index (χ3n) is 5.70. The summed E-state index contributed by atoms with van der Waals surface area (Å²) in [4.78, 5) is 15.2. The van der Waals surface area contributed by atoms with E-state index in [0.29, 0.717) is 11.4 Å². The minimum Gasteiger partial charge on any atom is -0.455 e. The molecule has 1 saturated heterocycles. The molecule has 5 rings (SSSR count). The Labute approximate surface area is 185 Å². The van der Waals surface area contributed by atoms with Crippen LogP contribution in [-0.2, 0) is 4.79 Å². The Morgan fingerprint density at radius 1 is 1.06 bits per heavy atom. The fourth-order valence-electron chi connectivity index (χ4n) is 3.96. The average Bonchev–Trinajstić information content (AvgIpc) is 3.28. The van der Waals surface area contributed by atoms with Crippen LogP contribution in [0, 0.1) is 12.8 Å². The van der Waals surface area contributed by atoms with Gasteiger partial charge in [-0.3, -0.25) is 4.79 Å². The third kappa shape index (κ3) is 4.25. The second-order valence-electron chi connectivity index (χ2n) is 7.99. The highest BCUT2D eigenvalue weighted by Gasteiger charge is 2.26. The zero-order chi connectivity index (χ0) is 21.9. The Kier molecular flexibility index (Phi) is 5.41. The zero-order valence-corrected chi connectivity index (χ0v) is 17.8.